The zero-order valence-electron chi connectivity index (χ0n) is 19.2. The molecule has 174 valence electrons. The average Bonchev–Trinajstić information content (AvgIpc) is 2.76. The lowest BCUT2D eigenvalue weighted by molar-refractivity contribution is -0.139. The van der Waals surface area contributed by atoms with Gasteiger partial charge in [0.05, 0.1) is 5.75 Å². The van der Waals surface area contributed by atoms with E-state index in [0.29, 0.717) is 28.8 Å². The van der Waals surface area contributed by atoms with Crippen molar-refractivity contribution in [1.29, 1.82) is 0 Å². The summed E-state index contributed by atoms with van der Waals surface area (Å²) in [7, 11) is 0. The van der Waals surface area contributed by atoms with Crippen LogP contribution < -0.4 is 5.32 Å². The van der Waals surface area contributed by atoms with Crippen molar-refractivity contribution in [1.82, 2.24) is 10.2 Å². The number of rotatable bonds is 11. The number of amides is 2. The van der Waals surface area contributed by atoms with E-state index in [2.05, 4.69) is 5.32 Å². The van der Waals surface area contributed by atoms with Gasteiger partial charge in [0, 0.05) is 28.4 Å². The minimum Gasteiger partial charge on any atom is -0.352 e. The third-order valence-corrected chi connectivity index (χ3v) is 6.91. The number of hydrogen-bond donors (Lipinski definition) is 1. The van der Waals surface area contributed by atoms with Gasteiger partial charge in [0.25, 0.3) is 0 Å². The maximum atomic E-state index is 13.3. The molecule has 2 aromatic rings. The molecule has 0 spiro atoms. The highest BCUT2D eigenvalue weighted by Gasteiger charge is 2.29. The molecule has 32 heavy (non-hydrogen) atoms. The predicted octanol–water partition coefficient (Wildman–Crippen LogP) is 6.26. The van der Waals surface area contributed by atoms with Crippen molar-refractivity contribution in [2.45, 2.75) is 64.9 Å². The van der Waals surface area contributed by atoms with Gasteiger partial charge in [0.15, 0.2) is 0 Å². The van der Waals surface area contributed by atoms with Crippen LogP contribution in [0.5, 0.6) is 0 Å². The lowest BCUT2D eigenvalue weighted by atomic mass is 10.1. The Balaban J connectivity index is 2.14. The first-order valence-corrected chi connectivity index (χ1v) is 12.8. The molecule has 4 nitrogen and oxygen atoms in total. The number of halogens is 2. The molecule has 1 N–H and O–H groups in total. The number of nitrogens with one attached hydrogen (secondary N) is 1. The second-order valence-electron chi connectivity index (χ2n) is 7.98. The molecule has 7 heteroatoms. The van der Waals surface area contributed by atoms with Gasteiger partial charge >= 0.3 is 0 Å². The number of benzene rings is 2. The van der Waals surface area contributed by atoms with Crippen molar-refractivity contribution in [3.63, 3.8) is 0 Å². The fraction of sp³-hybridized carbons (Fsp3) is 0.440. The van der Waals surface area contributed by atoms with Crippen LogP contribution in [0.1, 0.15) is 50.3 Å². The van der Waals surface area contributed by atoms with Crippen LogP contribution in [-0.2, 0) is 21.9 Å². The first kappa shape index (κ1) is 26.6. The van der Waals surface area contributed by atoms with Crippen LogP contribution in [-0.4, -0.2) is 34.6 Å². The van der Waals surface area contributed by atoms with Gasteiger partial charge in [-0.1, -0.05) is 72.9 Å². The molecular formula is C25H32Cl2N2O2S. The molecule has 0 aliphatic rings. The largest absolute Gasteiger partial charge is 0.352 e. The normalized spacial score (nSPS) is 12.8. The van der Waals surface area contributed by atoms with Crippen molar-refractivity contribution < 1.29 is 9.59 Å². The summed E-state index contributed by atoms with van der Waals surface area (Å²) >= 11 is 13.7. The molecule has 2 rings (SSSR count). The molecule has 0 unspecified atom stereocenters. The predicted molar refractivity (Wildman–Crippen MR) is 136 cm³/mol. The van der Waals surface area contributed by atoms with E-state index in [1.54, 1.807) is 17.0 Å². The van der Waals surface area contributed by atoms with E-state index < -0.39 is 6.04 Å². The van der Waals surface area contributed by atoms with Gasteiger partial charge in [-0.05, 0) is 49.9 Å². The number of aryl methyl sites for hydroxylation is 1. The number of carbonyl (C=O) groups excluding carboxylic acids is 2. The summed E-state index contributed by atoms with van der Waals surface area (Å²) in [6.07, 6.45) is 1.39. The summed E-state index contributed by atoms with van der Waals surface area (Å²) in [5.74, 6) is 0.688. The molecular weight excluding hydrogens is 463 g/mol. The molecule has 0 aliphatic carbocycles. The van der Waals surface area contributed by atoms with E-state index in [1.165, 1.54) is 11.8 Å². The molecule has 2 aromatic carbocycles. The fourth-order valence-electron chi connectivity index (χ4n) is 3.22. The van der Waals surface area contributed by atoms with E-state index in [4.69, 9.17) is 23.2 Å². The molecule has 0 aromatic heterocycles. The van der Waals surface area contributed by atoms with Crippen LogP contribution in [0.2, 0.25) is 10.0 Å². The van der Waals surface area contributed by atoms with Crippen molar-refractivity contribution in [3.8, 4) is 0 Å². The van der Waals surface area contributed by atoms with Crippen LogP contribution in [0.4, 0.5) is 0 Å². The van der Waals surface area contributed by atoms with Crippen LogP contribution in [0.3, 0.4) is 0 Å². The van der Waals surface area contributed by atoms with Gasteiger partial charge in [0.2, 0.25) is 11.8 Å². The van der Waals surface area contributed by atoms with Gasteiger partial charge < -0.3 is 10.2 Å². The van der Waals surface area contributed by atoms with Crippen LogP contribution in [0, 0.1) is 6.92 Å². The van der Waals surface area contributed by atoms with Crippen molar-refractivity contribution in [2.24, 2.45) is 0 Å². The standard InChI is InChI=1S/C25H32Cl2N2O2S/c1-5-18(4)28-25(31)23(6-2)29(14-19-9-7-17(3)8-10-19)24(30)16-32-15-20-11-12-21(26)13-22(20)27/h7-13,18,23H,5-6,14-16H2,1-4H3,(H,28,31)/t18-,23-/m0/s1. The van der Waals surface area contributed by atoms with Crippen molar-refractivity contribution in [3.05, 3.63) is 69.2 Å². The van der Waals surface area contributed by atoms with Crippen LogP contribution >= 0.6 is 35.0 Å². The second kappa shape index (κ2) is 13.1. The minimum atomic E-state index is -0.516. The zero-order valence-corrected chi connectivity index (χ0v) is 21.5. The smallest absolute Gasteiger partial charge is 0.243 e. The molecule has 0 radical (unpaired) electrons. The Morgan fingerprint density at radius 1 is 1.06 bits per heavy atom. The molecule has 0 bridgehead atoms. The Hall–Kier alpha value is -1.69. The Bertz CT molecular complexity index is 905. The van der Waals surface area contributed by atoms with Gasteiger partial charge in [0.1, 0.15) is 6.04 Å². The molecule has 0 heterocycles. The van der Waals surface area contributed by atoms with Crippen LogP contribution in [0.15, 0.2) is 42.5 Å². The topological polar surface area (TPSA) is 49.4 Å². The molecule has 2 atom stereocenters. The Kier molecular flexibility index (Phi) is 10.9. The first-order chi connectivity index (χ1) is 15.2. The molecule has 0 saturated carbocycles. The van der Waals surface area contributed by atoms with Crippen molar-refractivity contribution in [2.75, 3.05) is 5.75 Å². The SMILES string of the molecule is CC[C@H](C)NC(=O)[C@H](CC)N(Cc1ccc(C)cc1)C(=O)CSCc1ccc(Cl)cc1Cl. The summed E-state index contributed by atoms with van der Waals surface area (Å²) in [5.41, 5.74) is 3.09. The Labute approximate surface area is 206 Å². The van der Waals surface area contributed by atoms with Gasteiger partial charge in [-0.2, -0.15) is 0 Å². The summed E-state index contributed by atoms with van der Waals surface area (Å²) in [4.78, 5) is 27.9. The Morgan fingerprint density at radius 3 is 2.34 bits per heavy atom. The number of hydrogen-bond acceptors (Lipinski definition) is 3. The van der Waals surface area contributed by atoms with Crippen molar-refractivity contribution >= 4 is 46.8 Å². The lowest BCUT2D eigenvalue weighted by Crippen LogP contribution is -2.51. The van der Waals surface area contributed by atoms with Crippen LogP contribution in [0.25, 0.3) is 0 Å². The van der Waals surface area contributed by atoms with Gasteiger partial charge in [-0.15, -0.1) is 11.8 Å². The highest BCUT2D eigenvalue weighted by molar-refractivity contribution is 7.99. The summed E-state index contributed by atoms with van der Waals surface area (Å²) in [6.45, 7) is 8.37. The monoisotopic (exact) mass is 494 g/mol. The summed E-state index contributed by atoms with van der Waals surface area (Å²) in [6, 6.07) is 13.0. The highest BCUT2D eigenvalue weighted by atomic mass is 35.5. The third kappa shape index (κ3) is 8.02. The first-order valence-electron chi connectivity index (χ1n) is 10.9. The summed E-state index contributed by atoms with van der Waals surface area (Å²) < 4.78 is 0. The maximum Gasteiger partial charge on any atom is 0.243 e. The number of nitrogens with zero attached hydrogens (tertiary/aromatic N) is 1. The van der Waals surface area contributed by atoms with E-state index >= 15 is 0 Å². The van der Waals surface area contributed by atoms with Gasteiger partial charge in [-0.25, -0.2) is 0 Å². The average molecular weight is 496 g/mol. The quantitative estimate of drug-likeness (QED) is 0.401. The second-order valence-corrected chi connectivity index (χ2v) is 9.81. The third-order valence-electron chi connectivity index (χ3n) is 5.36. The number of thioether (sulfide) groups is 1. The molecule has 2 amide bonds. The van der Waals surface area contributed by atoms with E-state index in [-0.39, 0.29) is 23.6 Å². The zero-order chi connectivity index (χ0) is 23.7. The molecule has 0 aliphatic heterocycles. The molecule has 0 saturated heterocycles. The van der Waals surface area contributed by atoms with E-state index in [9.17, 15) is 9.59 Å². The van der Waals surface area contributed by atoms with E-state index in [1.807, 2.05) is 58.0 Å². The lowest BCUT2D eigenvalue weighted by Gasteiger charge is -2.31. The van der Waals surface area contributed by atoms with Gasteiger partial charge in [-0.3, -0.25) is 9.59 Å². The highest BCUT2D eigenvalue weighted by Crippen LogP contribution is 2.25. The Morgan fingerprint density at radius 2 is 1.75 bits per heavy atom. The maximum absolute atomic E-state index is 13.3. The summed E-state index contributed by atoms with van der Waals surface area (Å²) in [5, 5.41) is 4.21. The number of carbonyl (C=O) groups is 2. The fourth-order valence-corrected chi connectivity index (χ4v) is 4.69. The molecule has 0 fully saturated rings. The minimum absolute atomic E-state index is 0.0631. The van der Waals surface area contributed by atoms with E-state index in [0.717, 1.165) is 23.1 Å².